The van der Waals surface area contributed by atoms with Gasteiger partial charge in [-0.1, -0.05) is 43.7 Å². The maximum absolute atomic E-state index is 13.0. The highest BCUT2D eigenvalue weighted by Crippen LogP contribution is 2.30. The van der Waals surface area contributed by atoms with Crippen molar-refractivity contribution in [1.82, 2.24) is 4.57 Å². The second kappa shape index (κ2) is 9.40. The Bertz CT molecular complexity index is 841. The quantitative estimate of drug-likeness (QED) is 0.383. The lowest BCUT2D eigenvalue weighted by atomic mass is 10.0. The molecule has 0 bridgehead atoms. The van der Waals surface area contributed by atoms with Crippen molar-refractivity contribution in [3.05, 3.63) is 53.9 Å². The van der Waals surface area contributed by atoms with Gasteiger partial charge in [-0.3, -0.25) is 0 Å². The lowest BCUT2D eigenvalue weighted by Gasteiger charge is -2.20. The van der Waals surface area contributed by atoms with E-state index in [1.165, 1.54) is 6.08 Å². The Balaban J connectivity index is 2.42. The molecule has 0 atom stereocenters. The zero-order valence-electron chi connectivity index (χ0n) is 17.3. The van der Waals surface area contributed by atoms with Gasteiger partial charge in [0.15, 0.2) is 0 Å². The molecule has 2 aromatic rings. The van der Waals surface area contributed by atoms with Crippen LogP contribution in [0, 0.1) is 0 Å². The van der Waals surface area contributed by atoms with Crippen LogP contribution < -0.4 is 0 Å². The fourth-order valence-electron chi connectivity index (χ4n) is 2.74. The number of esters is 2. The Morgan fingerprint density at radius 1 is 1.14 bits per heavy atom. The molecule has 0 unspecified atom stereocenters. The van der Waals surface area contributed by atoms with Crippen LogP contribution in [0.25, 0.3) is 17.2 Å². The zero-order valence-corrected chi connectivity index (χ0v) is 17.3. The van der Waals surface area contributed by atoms with E-state index in [4.69, 9.17) is 9.47 Å². The number of benzene rings is 1. The lowest BCUT2D eigenvalue weighted by Crippen LogP contribution is -2.24. The minimum atomic E-state index is -0.624. The van der Waals surface area contributed by atoms with Gasteiger partial charge in [-0.05, 0) is 38.8 Å². The Morgan fingerprint density at radius 3 is 2.43 bits per heavy atom. The maximum Gasteiger partial charge on any atom is 0.341 e. The number of aromatic nitrogens is 1. The van der Waals surface area contributed by atoms with Crippen LogP contribution >= 0.6 is 0 Å². The summed E-state index contributed by atoms with van der Waals surface area (Å²) in [5, 5.41) is 0. The highest BCUT2D eigenvalue weighted by atomic mass is 16.6. The second-order valence-electron chi connectivity index (χ2n) is 7.64. The molecule has 1 aromatic carbocycles. The van der Waals surface area contributed by atoms with E-state index in [1.54, 1.807) is 6.08 Å². The minimum Gasteiger partial charge on any atom is -0.463 e. The third-order valence-corrected chi connectivity index (χ3v) is 4.04. The van der Waals surface area contributed by atoms with Crippen LogP contribution in [0.1, 0.15) is 56.6 Å². The summed E-state index contributed by atoms with van der Waals surface area (Å²) in [4.78, 5) is 24.9. The van der Waals surface area contributed by atoms with Crippen molar-refractivity contribution in [2.45, 2.75) is 46.1 Å². The van der Waals surface area contributed by atoms with E-state index in [9.17, 15) is 9.59 Å². The molecule has 0 fully saturated rings. The van der Waals surface area contributed by atoms with Crippen molar-refractivity contribution in [3.8, 4) is 11.1 Å². The molecular weight excluding hydrogens is 354 g/mol. The topological polar surface area (TPSA) is 57.5 Å². The van der Waals surface area contributed by atoms with Crippen LogP contribution in [0.3, 0.4) is 0 Å². The predicted octanol–water partition coefficient (Wildman–Crippen LogP) is 5.00. The summed E-state index contributed by atoms with van der Waals surface area (Å²) >= 11 is 0. The monoisotopic (exact) mass is 383 g/mol. The van der Waals surface area contributed by atoms with Crippen LogP contribution in [-0.4, -0.2) is 28.7 Å². The molecule has 0 aliphatic carbocycles. The van der Waals surface area contributed by atoms with Gasteiger partial charge in [0.2, 0.25) is 0 Å². The average molecular weight is 383 g/mol. The fraction of sp³-hybridized carbons (Fsp3) is 0.391. The standard InChI is InChI=1S/C23H29NO4/c1-6-7-15-27-20(25)14-13-19-21(22(26)28-23(2,3)4)18(16-24(19)5)17-11-9-8-10-12-17/h8-14,16H,6-7,15H2,1-5H3/b14-13+. The van der Waals surface area contributed by atoms with Crippen molar-refractivity contribution < 1.29 is 19.1 Å². The number of aryl methyl sites for hydroxylation is 1. The molecule has 0 amide bonds. The van der Waals surface area contributed by atoms with Crippen molar-refractivity contribution in [3.63, 3.8) is 0 Å². The Kier molecular flexibility index (Phi) is 7.21. The van der Waals surface area contributed by atoms with Gasteiger partial charge >= 0.3 is 11.9 Å². The van der Waals surface area contributed by atoms with Gasteiger partial charge in [-0.2, -0.15) is 0 Å². The molecule has 0 aliphatic heterocycles. The van der Waals surface area contributed by atoms with Gasteiger partial charge in [0.05, 0.1) is 17.9 Å². The summed E-state index contributed by atoms with van der Waals surface area (Å²) < 4.78 is 12.6. The van der Waals surface area contributed by atoms with Crippen LogP contribution in [0.5, 0.6) is 0 Å². The molecule has 0 N–H and O–H groups in total. The number of carbonyl (C=O) groups excluding carboxylic acids is 2. The van der Waals surface area contributed by atoms with Gasteiger partial charge in [-0.15, -0.1) is 0 Å². The zero-order chi connectivity index (χ0) is 20.7. The number of hydrogen-bond donors (Lipinski definition) is 0. The minimum absolute atomic E-state index is 0.390. The molecule has 28 heavy (non-hydrogen) atoms. The summed E-state index contributed by atoms with van der Waals surface area (Å²) in [6.45, 7) is 7.91. The van der Waals surface area contributed by atoms with Gasteiger partial charge in [0, 0.05) is 24.9 Å². The molecule has 0 aliphatic rings. The molecule has 0 saturated heterocycles. The number of carbonyl (C=O) groups is 2. The van der Waals surface area contributed by atoms with E-state index in [0.29, 0.717) is 17.9 Å². The van der Waals surface area contributed by atoms with Crippen LogP contribution in [0.4, 0.5) is 0 Å². The summed E-state index contributed by atoms with van der Waals surface area (Å²) in [7, 11) is 1.84. The molecule has 0 saturated carbocycles. The number of rotatable bonds is 7. The van der Waals surface area contributed by atoms with Crippen LogP contribution in [0.15, 0.2) is 42.6 Å². The van der Waals surface area contributed by atoms with Crippen molar-refractivity contribution >= 4 is 18.0 Å². The summed E-state index contributed by atoms with van der Waals surface area (Å²) in [6.07, 6.45) is 6.62. The highest BCUT2D eigenvalue weighted by Gasteiger charge is 2.26. The summed E-state index contributed by atoms with van der Waals surface area (Å²) in [5.74, 6) is -0.850. The van der Waals surface area contributed by atoms with E-state index in [1.807, 2.05) is 75.8 Å². The average Bonchev–Trinajstić information content (AvgIpc) is 2.96. The summed E-state index contributed by atoms with van der Waals surface area (Å²) in [5.41, 5.74) is 2.07. The smallest absolute Gasteiger partial charge is 0.341 e. The number of unbranched alkanes of at least 4 members (excludes halogenated alkanes) is 1. The van der Waals surface area contributed by atoms with Gasteiger partial charge in [-0.25, -0.2) is 9.59 Å². The Labute approximate surface area is 167 Å². The first kappa shape index (κ1) is 21.5. The largest absolute Gasteiger partial charge is 0.463 e. The highest BCUT2D eigenvalue weighted by molar-refractivity contribution is 6.02. The molecule has 1 heterocycles. The van der Waals surface area contributed by atoms with Crippen molar-refractivity contribution in [2.24, 2.45) is 7.05 Å². The van der Waals surface area contributed by atoms with E-state index in [2.05, 4.69) is 0 Å². The molecule has 5 nitrogen and oxygen atoms in total. The molecule has 1 aromatic heterocycles. The second-order valence-corrected chi connectivity index (χ2v) is 7.64. The molecule has 5 heteroatoms. The number of ether oxygens (including phenoxy) is 2. The van der Waals surface area contributed by atoms with Gasteiger partial charge < -0.3 is 14.0 Å². The molecule has 0 radical (unpaired) electrons. The number of nitrogens with zero attached hydrogens (tertiary/aromatic N) is 1. The normalized spacial score (nSPS) is 11.6. The Hall–Kier alpha value is -2.82. The number of hydrogen-bond acceptors (Lipinski definition) is 4. The molecule has 150 valence electrons. The first-order valence-corrected chi connectivity index (χ1v) is 9.56. The van der Waals surface area contributed by atoms with E-state index >= 15 is 0 Å². The predicted molar refractivity (Wildman–Crippen MR) is 111 cm³/mol. The van der Waals surface area contributed by atoms with Crippen molar-refractivity contribution in [2.75, 3.05) is 6.61 Å². The lowest BCUT2D eigenvalue weighted by molar-refractivity contribution is -0.137. The third-order valence-electron chi connectivity index (χ3n) is 4.04. The summed E-state index contributed by atoms with van der Waals surface area (Å²) in [6, 6.07) is 9.64. The first-order chi connectivity index (χ1) is 13.2. The van der Waals surface area contributed by atoms with E-state index in [-0.39, 0.29) is 0 Å². The first-order valence-electron chi connectivity index (χ1n) is 9.56. The third kappa shape index (κ3) is 5.84. The van der Waals surface area contributed by atoms with Gasteiger partial charge in [0.1, 0.15) is 5.60 Å². The fourth-order valence-corrected chi connectivity index (χ4v) is 2.74. The molecule has 2 rings (SSSR count). The SMILES string of the molecule is CCCCOC(=O)/C=C/c1c(C(=O)OC(C)(C)C)c(-c2ccccc2)cn1C. The van der Waals surface area contributed by atoms with Crippen molar-refractivity contribution in [1.29, 1.82) is 0 Å². The molecule has 0 spiro atoms. The van der Waals surface area contributed by atoms with Gasteiger partial charge in [0.25, 0.3) is 0 Å². The Morgan fingerprint density at radius 2 is 1.82 bits per heavy atom. The maximum atomic E-state index is 13.0. The van der Waals surface area contributed by atoms with Crippen LogP contribution in [-0.2, 0) is 21.3 Å². The molecular formula is C23H29NO4. The van der Waals surface area contributed by atoms with Crippen LogP contribution in [0.2, 0.25) is 0 Å². The van der Waals surface area contributed by atoms with E-state index < -0.39 is 17.5 Å². The van der Waals surface area contributed by atoms with E-state index in [0.717, 1.165) is 24.0 Å².